The Bertz CT molecular complexity index is 1090. The van der Waals surface area contributed by atoms with Gasteiger partial charge in [-0.25, -0.2) is 19.0 Å². The predicted molar refractivity (Wildman–Crippen MR) is 92.4 cm³/mol. The van der Waals surface area contributed by atoms with Crippen LogP contribution in [0.4, 0.5) is 4.39 Å². The molecule has 0 aliphatic heterocycles. The van der Waals surface area contributed by atoms with Gasteiger partial charge in [0, 0.05) is 18.3 Å². The van der Waals surface area contributed by atoms with E-state index in [1.165, 1.54) is 35.0 Å². The van der Waals surface area contributed by atoms with Crippen LogP contribution in [-0.4, -0.2) is 20.5 Å². The van der Waals surface area contributed by atoms with Gasteiger partial charge in [-0.1, -0.05) is 25.1 Å². The minimum Gasteiger partial charge on any atom is -0.457 e. The number of rotatable bonds is 5. The summed E-state index contributed by atoms with van der Waals surface area (Å²) in [4.78, 5) is 42.4. The van der Waals surface area contributed by atoms with Crippen molar-refractivity contribution >= 4 is 17.0 Å². The van der Waals surface area contributed by atoms with Gasteiger partial charge in [-0.05, 0) is 18.6 Å². The van der Waals surface area contributed by atoms with Crippen molar-refractivity contribution < 1.29 is 13.9 Å². The number of aryl methyl sites for hydroxylation is 1. The van der Waals surface area contributed by atoms with E-state index < -0.39 is 23.0 Å². The van der Waals surface area contributed by atoms with Gasteiger partial charge in [0.25, 0.3) is 5.56 Å². The molecule has 0 aliphatic rings. The van der Waals surface area contributed by atoms with E-state index in [4.69, 9.17) is 4.74 Å². The number of benzene rings is 1. The van der Waals surface area contributed by atoms with Crippen molar-refractivity contribution in [3.8, 4) is 0 Å². The minimum absolute atomic E-state index is 0.0426. The summed E-state index contributed by atoms with van der Waals surface area (Å²) in [6.45, 7) is 2.03. The summed E-state index contributed by atoms with van der Waals surface area (Å²) in [6.07, 6.45) is 1.91. The van der Waals surface area contributed by atoms with Gasteiger partial charge in [0.1, 0.15) is 18.1 Å². The normalized spacial score (nSPS) is 10.8. The molecule has 0 bridgehead atoms. The van der Waals surface area contributed by atoms with Gasteiger partial charge in [-0.2, -0.15) is 0 Å². The number of ether oxygens (including phenoxy) is 1. The van der Waals surface area contributed by atoms with Crippen molar-refractivity contribution in [2.45, 2.75) is 26.5 Å². The van der Waals surface area contributed by atoms with Crippen LogP contribution in [0.5, 0.6) is 0 Å². The largest absolute Gasteiger partial charge is 0.457 e. The summed E-state index contributed by atoms with van der Waals surface area (Å²) >= 11 is 0. The third-order valence-corrected chi connectivity index (χ3v) is 3.83. The Morgan fingerprint density at radius 1 is 1.31 bits per heavy atom. The van der Waals surface area contributed by atoms with Gasteiger partial charge >= 0.3 is 11.7 Å². The predicted octanol–water partition coefficient (Wildman–Crippen LogP) is 1.99. The zero-order valence-electron chi connectivity index (χ0n) is 14.0. The molecule has 0 spiro atoms. The molecular formula is C18H16FN3O4. The number of esters is 1. The molecule has 2 heterocycles. The molecule has 0 amide bonds. The maximum atomic E-state index is 13.6. The van der Waals surface area contributed by atoms with Crippen LogP contribution >= 0.6 is 0 Å². The molecule has 1 aromatic carbocycles. The van der Waals surface area contributed by atoms with Crippen LogP contribution in [0, 0.1) is 5.82 Å². The number of H-pyrrole nitrogens is 1. The number of aromatic nitrogens is 3. The van der Waals surface area contributed by atoms with Crippen LogP contribution in [0.2, 0.25) is 0 Å². The Hall–Kier alpha value is -3.29. The summed E-state index contributed by atoms with van der Waals surface area (Å²) in [5.41, 5.74) is -0.697. The molecule has 0 saturated carbocycles. The number of nitrogens with one attached hydrogen (secondary N) is 1. The molecule has 3 aromatic rings. The summed E-state index contributed by atoms with van der Waals surface area (Å²) < 4.78 is 20.0. The number of fused-ring (bicyclic) bond motifs is 1. The third kappa shape index (κ3) is 3.39. The van der Waals surface area contributed by atoms with E-state index in [1.807, 2.05) is 6.92 Å². The lowest BCUT2D eigenvalue weighted by Gasteiger charge is -2.09. The van der Waals surface area contributed by atoms with Crippen molar-refractivity contribution in [2.75, 3.05) is 0 Å². The first kappa shape index (κ1) is 17.5. The highest BCUT2D eigenvalue weighted by molar-refractivity contribution is 5.92. The molecule has 0 saturated heterocycles. The standard InChI is InChI=1S/C18H16FN3O4/c1-2-7-22-15-13(16(23)21-18(22)25)8-12(9-20-15)17(24)26-10-11-5-3-4-6-14(11)19/h3-6,8-9H,2,7,10H2,1H3,(H,21,23,25). The molecule has 0 atom stereocenters. The van der Waals surface area contributed by atoms with Crippen molar-refractivity contribution in [1.29, 1.82) is 0 Å². The molecule has 134 valence electrons. The molecule has 2 aromatic heterocycles. The van der Waals surface area contributed by atoms with E-state index in [9.17, 15) is 18.8 Å². The van der Waals surface area contributed by atoms with Gasteiger partial charge in [0.2, 0.25) is 0 Å². The van der Waals surface area contributed by atoms with Crippen LogP contribution in [0.1, 0.15) is 29.3 Å². The number of aromatic amines is 1. The molecule has 0 aliphatic carbocycles. The number of pyridine rings is 1. The Morgan fingerprint density at radius 2 is 2.08 bits per heavy atom. The molecule has 8 heteroatoms. The molecule has 0 radical (unpaired) electrons. The summed E-state index contributed by atoms with van der Waals surface area (Å²) in [7, 11) is 0. The number of nitrogens with zero attached hydrogens (tertiary/aromatic N) is 2. The number of hydrogen-bond donors (Lipinski definition) is 1. The fourth-order valence-corrected chi connectivity index (χ4v) is 2.55. The van der Waals surface area contributed by atoms with E-state index in [0.717, 1.165) is 0 Å². The van der Waals surface area contributed by atoms with Crippen LogP contribution in [0.3, 0.4) is 0 Å². The quantitative estimate of drug-likeness (QED) is 0.705. The Labute approximate surface area is 147 Å². The summed E-state index contributed by atoms with van der Waals surface area (Å²) in [6, 6.07) is 7.27. The molecule has 26 heavy (non-hydrogen) atoms. The lowest BCUT2D eigenvalue weighted by Crippen LogP contribution is -2.31. The summed E-state index contributed by atoms with van der Waals surface area (Å²) in [5, 5.41) is 0.110. The van der Waals surface area contributed by atoms with Crippen LogP contribution in [-0.2, 0) is 17.9 Å². The maximum Gasteiger partial charge on any atom is 0.340 e. The Balaban J connectivity index is 1.91. The third-order valence-electron chi connectivity index (χ3n) is 3.83. The summed E-state index contributed by atoms with van der Waals surface area (Å²) in [5.74, 6) is -1.22. The van der Waals surface area contributed by atoms with Crippen molar-refractivity contribution in [3.05, 3.63) is 74.3 Å². The van der Waals surface area contributed by atoms with Gasteiger partial charge in [-0.3, -0.25) is 14.3 Å². The highest BCUT2D eigenvalue weighted by Gasteiger charge is 2.14. The Morgan fingerprint density at radius 3 is 2.81 bits per heavy atom. The van der Waals surface area contributed by atoms with Gasteiger partial charge < -0.3 is 4.74 Å². The first-order valence-electron chi connectivity index (χ1n) is 8.04. The average Bonchev–Trinajstić information content (AvgIpc) is 2.64. The molecule has 0 fully saturated rings. The van der Waals surface area contributed by atoms with E-state index in [-0.39, 0.29) is 28.8 Å². The fraction of sp³-hybridized carbons (Fsp3) is 0.222. The minimum atomic E-state index is -0.740. The highest BCUT2D eigenvalue weighted by atomic mass is 19.1. The monoisotopic (exact) mass is 357 g/mol. The second-order valence-corrected chi connectivity index (χ2v) is 5.67. The number of carbonyl (C=O) groups is 1. The van der Waals surface area contributed by atoms with Crippen molar-refractivity contribution in [3.63, 3.8) is 0 Å². The van der Waals surface area contributed by atoms with Crippen molar-refractivity contribution in [1.82, 2.24) is 14.5 Å². The molecule has 0 unspecified atom stereocenters. The number of carbonyl (C=O) groups excluding carboxylic acids is 1. The maximum absolute atomic E-state index is 13.6. The van der Waals surface area contributed by atoms with Crippen LogP contribution < -0.4 is 11.2 Å². The van der Waals surface area contributed by atoms with E-state index >= 15 is 0 Å². The van der Waals surface area contributed by atoms with E-state index in [0.29, 0.717) is 13.0 Å². The molecular weight excluding hydrogens is 341 g/mol. The fourth-order valence-electron chi connectivity index (χ4n) is 2.55. The second kappa shape index (κ2) is 7.30. The van der Waals surface area contributed by atoms with E-state index in [1.54, 1.807) is 6.07 Å². The van der Waals surface area contributed by atoms with Gasteiger partial charge in [-0.15, -0.1) is 0 Å². The zero-order chi connectivity index (χ0) is 18.7. The molecule has 1 N–H and O–H groups in total. The lowest BCUT2D eigenvalue weighted by molar-refractivity contribution is 0.0468. The number of hydrogen-bond acceptors (Lipinski definition) is 5. The molecule has 7 nitrogen and oxygen atoms in total. The Kier molecular flexibility index (Phi) is 4.92. The smallest absolute Gasteiger partial charge is 0.340 e. The average molecular weight is 357 g/mol. The van der Waals surface area contributed by atoms with Crippen LogP contribution in [0.25, 0.3) is 11.0 Å². The van der Waals surface area contributed by atoms with Gasteiger partial charge in [0.05, 0.1) is 10.9 Å². The first-order chi connectivity index (χ1) is 12.5. The van der Waals surface area contributed by atoms with E-state index in [2.05, 4.69) is 9.97 Å². The lowest BCUT2D eigenvalue weighted by atomic mass is 10.2. The SMILES string of the molecule is CCCn1c(=O)[nH]c(=O)c2cc(C(=O)OCc3ccccc3F)cnc21. The topological polar surface area (TPSA) is 94.1 Å². The zero-order valence-corrected chi connectivity index (χ0v) is 14.0. The van der Waals surface area contributed by atoms with Gasteiger partial charge in [0.15, 0.2) is 0 Å². The van der Waals surface area contributed by atoms with Crippen molar-refractivity contribution in [2.24, 2.45) is 0 Å². The van der Waals surface area contributed by atoms with Crippen LogP contribution in [0.15, 0.2) is 46.1 Å². The number of halogens is 1. The first-order valence-corrected chi connectivity index (χ1v) is 8.04. The molecule has 3 rings (SSSR count). The highest BCUT2D eigenvalue weighted by Crippen LogP contribution is 2.12. The second-order valence-electron chi connectivity index (χ2n) is 5.67.